The Kier molecular flexibility index (Phi) is 3.95. The molecule has 1 atom stereocenters. The van der Waals surface area contributed by atoms with E-state index in [-0.39, 0.29) is 11.9 Å². The van der Waals surface area contributed by atoms with Crippen LogP contribution in [0.2, 0.25) is 0 Å². The fourth-order valence-corrected chi connectivity index (χ4v) is 1.77. The van der Waals surface area contributed by atoms with Crippen molar-refractivity contribution in [2.45, 2.75) is 19.4 Å². The van der Waals surface area contributed by atoms with Crippen molar-refractivity contribution in [2.75, 3.05) is 0 Å². The normalized spacial score (nSPS) is 12.2. The maximum atomic E-state index is 13.0. The predicted octanol–water partition coefficient (Wildman–Crippen LogP) is 3.51. The molecule has 0 amide bonds. The van der Waals surface area contributed by atoms with Crippen LogP contribution < -0.4 is 10.5 Å². The first-order chi connectivity index (χ1) is 8.63. The molecular weight excluding hydrogens is 229 g/mol. The molecule has 2 aromatic carbocycles. The Balaban J connectivity index is 2.14. The van der Waals surface area contributed by atoms with E-state index in [1.807, 2.05) is 31.2 Å². The van der Waals surface area contributed by atoms with Crippen LogP contribution in [0.25, 0.3) is 0 Å². The van der Waals surface area contributed by atoms with E-state index < -0.39 is 0 Å². The van der Waals surface area contributed by atoms with Gasteiger partial charge in [0, 0.05) is 12.1 Å². The SMILES string of the molecule is CC(N)Cc1cccc(Oc2cccc(F)c2)c1. The topological polar surface area (TPSA) is 35.2 Å². The van der Waals surface area contributed by atoms with Crippen molar-refractivity contribution in [1.82, 2.24) is 0 Å². The lowest BCUT2D eigenvalue weighted by Crippen LogP contribution is -2.17. The van der Waals surface area contributed by atoms with Crippen LogP contribution in [0.15, 0.2) is 48.5 Å². The standard InChI is InChI=1S/C15H16FNO/c1-11(17)8-12-4-2-6-14(9-12)18-15-7-3-5-13(16)10-15/h2-7,9-11H,8,17H2,1H3. The second-order valence-corrected chi connectivity index (χ2v) is 4.39. The van der Waals surface area contributed by atoms with Gasteiger partial charge in [-0.15, -0.1) is 0 Å². The maximum absolute atomic E-state index is 13.0. The van der Waals surface area contributed by atoms with Gasteiger partial charge in [0.1, 0.15) is 17.3 Å². The second kappa shape index (κ2) is 5.65. The molecule has 0 bridgehead atoms. The summed E-state index contributed by atoms with van der Waals surface area (Å²) >= 11 is 0. The summed E-state index contributed by atoms with van der Waals surface area (Å²) in [5.74, 6) is 0.880. The summed E-state index contributed by atoms with van der Waals surface area (Å²) in [6.45, 7) is 1.96. The lowest BCUT2D eigenvalue weighted by Gasteiger charge is -2.09. The van der Waals surface area contributed by atoms with Crippen LogP contribution >= 0.6 is 0 Å². The van der Waals surface area contributed by atoms with Gasteiger partial charge in [0.2, 0.25) is 0 Å². The number of rotatable bonds is 4. The minimum absolute atomic E-state index is 0.106. The molecule has 0 aromatic heterocycles. The molecule has 1 unspecified atom stereocenters. The van der Waals surface area contributed by atoms with Gasteiger partial charge < -0.3 is 10.5 Å². The Hall–Kier alpha value is -1.87. The van der Waals surface area contributed by atoms with Crippen LogP contribution in [0.4, 0.5) is 4.39 Å². The molecule has 2 rings (SSSR count). The van der Waals surface area contributed by atoms with Crippen LogP contribution in [0.1, 0.15) is 12.5 Å². The predicted molar refractivity (Wildman–Crippen MR) is 70.3 cm³/mol. The van der Waals surface area contributed by atoms with Crippen LogP contribution in [0.3, 0.4) is 0 Å². The van der Waals surface area contributed by atoms with E-state index in [0.717, 1.165) is 12.0 Å². The largest absolute Gasteiger partial charge is 0.457 e. The van der Waals surface area contributed by atoms with Crippen molar-refractivity contribution < 1.29 is 9.13 Å². The van der Waals surface area contributed by atoms with E-state index in [9.17, 15) is 4.39 Å². The Morgan fingerprint density at radius 2 is 1.78 bits per heavy atom. The quantitative estimate of drug-likeness (QED) is 0.894. The minimum Gasteiger partial charge on any atom is -0.457 e. The average Bonchev–Trinajstić information content (AvgIpc) is 2.28. The van der Waals surface area contributed by atoms with Gasteiger partial charge in [-0.25, -0.2) is 4.39 Å². The highest BCUT2D eigenvalue weighted by molar-refractivity contribution is 5.34. The van der Waals surface area contributed by atoms with Crippen LogP contribution in [0, 0.1) is 5.82 Å². The lowest BCUT2D eigenvalue weighted by atomic mass is 10.1. The van der Waals surface area contributed by atoms with Crippen molar-refractivity contribution in [2.24, 2.45) is 5.73 Å². The first kappa shape index (κ1) is 12.6. The lowest BCUT2D eigenvalue weighted by molar-refractivity contribution is 0.476. The monoisotopic (exact) mass is 245 g/mol. The number of ether oxygens (including phenoxy) is 1. The Labute approximate surface area is 106 Å². The molecule has 2 N–H and O–H groups in total. The average molecular weight is 245 g/mol. The molecule has 0 aliphatic rings. The third-order valence-corrected chi connectivity index (χ3v) is 2.49. The summed E-state index contributed by atoms with van der Waals surface area (Å²) in [5.41, 5.74) is 6.87. The number of nitrogens with two attached hydrogens (primary N) is 1. The zero-order chi connectivity index (χ0) is 13.0. The van der Waals surface area contributed by atoms with Gasteiger partial charge in [0.15, 0.2) is 0 Å². The first-order valence-electron chi connectivity index (χ1n) is 5.91. The highest BCUT2D eigenvalue weighted by atomic mass is 19.1. The summed E-state index contributed by atoms with van der Waals surface area (Å²) in [5, 5.41) is 0. The van der Waals surface area contributed by atoms with Crippen molar-refractivity contribution in [3.05, 3.63) is 59.9 Å². The van der Waals surface area contributed by atoms with Crippen LogP contribution in [-0.2, 0) is 6.42 Å². The van der Waals surface area contributed by atoms with Gasteiger partial charge in [-0.1, -0.05) is 18.2 Å². The van der Waals surface area contributed by atoms with Crippen molar-refractivity contribution >= 4 is 0 Å². The zero-order valence-electron chi connectivity index (χ0n) is 10.3. The van der Waals surface area contributed by atoms with E-state index in [0.29, 0.717) is 11.5 Å². The van der Waals surface area contributed by atoms with E-state index >= 15 is 0 Å². The van der Waals surface area contributed by atoms with Crippen molar-refractivity contribution in [3.8, 4) is 11.5 Å². The first-order valence-corrected chi connectivity index (χ1v) is 5.91. The number of benzene rings is 2. The van der Waals surface area contributed by atoms with Gasteiger partial charge in [0.05, 0.1) is 0 Å². The molecule has 18 heavy (non-hydrogen) atoms. The highest BCUT2D eigenvalue weighted by Gasteiger charge is 2.02. The number of halogens is 1. The smallest absolute Gasteiger partial charge is 0.130 e. The van der Waals surface area contributed by atoms with E-state index in [1.165, 1.54) is 12.1 Å². The number of hydrogen-bond acceptors (Lipinski definition) is 2. The van der Waals surface area contributed by atoms with Gasteiger partial charge >= 0.3 is 0 Å². The molecule has 0 saturated heterocycles. The summed E-state index contributed by atoms with van der Waals surface area (Å²) in [6.07, 6.45) is 0.792. The van der Waals surface area contributed by atoms with Crippen LogP contribution in [-0.4, -0.2) is 6.04 Å². The van der Waals surface area contributed by atoms with Crippen LogP contribution in [0.5, 0.6) is 11.5 Å². The number of hydrogen-bond donors (Lipinski definition) is 1. The molecule has 0 heterocycles. The molecule has 0 aliphatic heterocycles. The molecule has 0 fully saturated rings. The summed E-state index contributed by atoms with van der Waals surface area (Å²) in [4.78, 5) is 0. The summed E-state index contributed by atoms with van der Waals surface area (Å²) < 4.78 is 18.6. The van der Waals surface area contributed by atoms with E-state index in [4.69, 9.17) is 10.5 Å². The summed E-state index contributed by atoms with van der Waals surface area (Å²) in [6, 6.07) is 13.9. The molecule has 0 aliphatic carbocycles. The Bertz CT molecular complexity index is 525. The molecule has 2 nitrogen and oxygen atoms in total. The molecule has 0 spiro atoms. The second-order valence-electron chi connectivity index (χ2n) is 4.39. The molecule has 0 saturated carbocycles. The van der Waals surface area contributed by atoms with E-state index in [1.54, 1.807) is 12.1 Å². The van der Waals surface area contributed by atoms with Crippen molar-refractivity contribution in [1.29, 1.82) is 0 Å². The fourth-order valence-electron chi connectivity index (χ4n) is 1.77. The molecule has 3 heteroatoms. The molecule has 2 aromatic rings. The van der Waals surface area contributed by atoms with E-state index in [2.05, 4.69) is 0 Å². The molecular formula is C15H16FNO. The van der Waals surface area contributed by atoms with Gasteiger partial charge in [-0.2, -0.15) is 0 Å². The summed E-state index contributed by atoms with van der Waals surface area (Å²) in [7, 11) is 0. The molecule has 0 radical (unpaired) electrons. The Morgan fingerprint density at radius 1 is 1.11 bits per heavy atom. The van der Waals surface area contributed by atoms with Crippen molar-refractivity contribution in [3.63, 3.8) is 0 Å². The molecule has 94 valence electrons. The van der Waals surface area contributed by atoms with Gasteiger partial charge in [-0.3, -0.25) is 0 Å². The highest BCUT2D eigenvalue weighted by Crippen LogP contribution is 2.23. The maximum Gasteiger partial charge on any atom is 0.130 e. The Morgan fingerprint density at radius 3 is 2.44 bits per heavy atom. The fraction of sp³-hybridized carbons (Fsp3) is 0.200. The third-order valence-electron chi connectivity index (χ3n) is 2.49. The van der Waals surface area contributed by atoms with Gasteiger partial charge in [0.25, 0.3) is 0 Å². The minimum atomic E-state index is -0.306. The third kappa shape index (κ3) is 3.57. The zero-order valence-corrected chi connectivity index (χ0v) is 10.3. The van der Waals surface area contributed by atoms with Gasteiger partial charge in [-0.05, 0) is 43.2 Å².